The molecule has 6 nitrogen and oxygen atoms in total. The van der Waals surface area contributed by atoms with Crippen LogP contribution in [0.2, 0.25) is 0 Å². The van der Waals surface area contributed by atoms with E-state index in [-0.39, 0.29) is 11.3 Å². The average molecular weight is 285 g/mol. The van der Waals surface area contributed by atoms with Crippen molar-refractivity contribution in [3.05, 3.63) is 38.3 Å². The van der Waals surface area contributed by atoms with Crippen LogP contribution in [0.4, 0.5) is 5.69 Å². The van der Waals surface area contributed by atoms with Crippen molar-refractivity contribution in [3.63, 3.8) is 0 Å². The lowest BCUT2D eigenvalue weighted by molar-refractivity contribution is -0.385. The number of nitro benzene ring substituents is 1. The van der Waals surface area contributed by atoms with E-state index in [9.17, 15) is 14.9 Å². The third-order valence-corrected chi connectivity index (χ3v) is 2.37. The number of carbonyl (C=O) groups is 1. The molecule has 7 heteroatoms. The largest absolute Gasteiger partial charge is 0.480 e. The number of hydrogen-bond acceptors (Lipinski definition) is 4. The van der Waals surface area contributed by atoms with Gasteiger partial charge >= 0.3 is 5.97 Å². The molecule has 0 heterocycles. The fraction of sp³-hybridized carbons (Fsp3) is 0.111. The highest BCUT2D eigenvalue weighted by Gasteiger charge is 2.27. The minimum atomic E-state index is -1.54. The molecule has 82 valence electrons. The van der Waals surface area contributed by atoms with E-state index in [2.05, 4.69) is 15.9 Å². The molecule has 1 N–H and O–H groups in total. The molecule has 0 radical (unpaired) electrons. The smallest absolute Gasteiger partial charge is 0.325 e. The van der Waals surface area contributed by atoms with Gasteiger partial charge in [-0.05, 0) is 12.1 Å². The van der Waals surface area contributed by atoms with Gasteiger partial charge in [-0.1, -0.05) is 15.9 Å². The van der Waals surface area contributed by atoms with E-state index >= 15 is 0 Å². The summed E-state index contributed by atoms with van der Waals surface area (Å²) in [5, 5.41) is 28.1. The number of hydrogen-bond donors (Lipinski definition) is 1. The van der Waals surface area contributed by atoms with Crippen molar-refractivity contribution in [3.8, 4) is 6.07 Å². The molecule has 1 aromatic rings. The summed E-state index contributed by atoms with van der Waals surface area (Å²) in [5.41, 5.74) is -0.508. The second-order valence-corrected chi connectivity index (χ2v) is 3.78. The van der Waals surface area contributed by atoms with Crippen molar-refractivity contribution in [1.29, 1.82) is 5.26 Å². The molecule has 0 bridgehead atoms. The number of aliphatic carboxylic acids is 1. The van der Waals surface area contributed by atoms with Gasteiger partial charge in [0.15, 0.2) is 5.92 Å². The van der Waals surface area contributed by atoms with E-state index in [1.54, 1.807) is 0 Å². The first-order valence-electron chi connectivity index (χ1n) is 4.03. The lowest BCUT2D eigenvalue weighted by Gasteiger charge is -2.05. The van der Waals surface area contributed by atoms with Crippen molar-refractivity contribution in [2.45, 2.75) is 5.92 Å². The standard InChI is InChI=1S/C9H5BrN2O4/c10-5-1-2-8(12(15)16)6(3-5)7(4-11)9(13)14/h1-3,7H,(H,13,14). The number of halogens is 1. The molecule has 0 amide bonds. The van der Waals surface area contributed by atoms with Gasteiger partial charge in [-0.3, -0.25) is 14.9 Å². The quantitative estimate of drug-likeness (QED) is 0.676. The lowest BCUT2D eigenvalue weighted by Crippen LogP contribution is -2.11. The third-order valence-electron chi connectivity index (χ3n) is 1.87. The normalized spacial score (nSPS) is 11.5. The first-order chi connectivity index (χ1) is 7.47. The van der Waals surface area contributed by atoms with Crippen LogP contribution in [0.1, 0.15) is 11.5 Å². The Morgan fingerprint density at radius 2 is 2.25 bits per heavy atom. The van der Waals surface area contributed by atoms with Crippen molar-refractivity contribution in [2.75, 3.05) is 0 Å². The van der Waals surface area contributed by atoms with Crippen LogP contribution in [0, 0.1) is 21.4 Å². The monoisotopic (exact) mass is 284 g/mol. The van der Waals surface area contributed by atoms with E-state index in [1.165, 1.54) is 18.2 Å². The summed E-state index contributed by atoms with van der Waals surface area (Å²) < 4.78 is 0.481. The predicted molar refractivity (Wildman–Crippen MR) is 56.8 cm³/mol. The van der Waals surface area contributed by atoms with Gasteiger partial charge in [0.05, 0.1) is 16.6 Å². The Hall–Kier alpha value is -1.94. The van der Waals surface area contributed by atoms with Gasteiger partial charge in [0, 0.05) is 10.5 Å². The fourth-order valence-corrected chi connectivity index (χ4v) is 1.56. The summed E-state index contributed by atoms with van der Waals surface area (Å²) in [6, 6.07) is 5.35. The van der Waals surface area contributed by atoms with Crippen LogP contribution in [0.15, 0.2) is 22.7 Å². The van der Waals surface area contributed by atoms with E-state index in [4.69, 9.17) is 10.4 Å². The molecule has 0 saturated carbocycles. The van der Waals surface area contributed by atoms with Crippen LogP contribution < -0.4 is 0 Å². The molecule has 0 aliphatic heterocycles. The minimum absolute atomic E-state index is 0.130. The first-order valence-corrected chi connectivity index (χ1v) is 4.83. The van der Waals surface area contributed by atoms with Crippen LogP contribution >= 0.6 is 15.9 Å². The van der Waals surface area contributed by atoms with Gasteiger partial charge in [-0.2, -0.15) is 5.26 Å². The van der Waals surface area contributed by atoms with E-state index in [0.717, 1.165) is 6.07 Å². The van der Waals surface area contributed by atoms with Crippen LogP contribution in [-0.2, 0) is 4.79 Å². The number of carboxylic acid groups (broad SMARTS) is 1. The zero-order valence-corrected chi connectivity index (χ0v) is 9.34. The van der Waals surface area contributed by atoms with Crippen molar-refractivity contribution >= 4 is 27.6 Å². The summed E-state index contributed by atoms with van der Waals surface area (Å²) >= 11 is 3.07. The van der Waals surface area contributed by atoms with Crippen LogP contribution in [0.3, 0.4) is 0 Å². The zero-order chi connectivity index (χ0) is 12.3. The molecular formula is C9H5BrN2O4. The number of rotatable bonds is 3. The van der Waals surface area contributed by atoms with Crippen molar-refractivity contribution in [2.24, 2.45) is 0 Å². The minimum Gasteiger partial charge on any atom is -0.480 e. The maximum Gasteiger partial charge on any atom is 0.325 e. The molecule has 0 fully saturated rings. The molecule has 1 rings (SSSR count). The summed E-state index contributed by atoms with van der Waals surface area (Å²) in [7, 11) is 0. The third kappa shape index (κ3) is 2.35. The molecular weight excluding hydrogens is 280 g/mol. The van der Waals surface area contributed by atoms with Gasteiger partial charge in [-0.15, -0.1) is 0 Å². The summed E-state index contributed by atoms with van der Waals surface area (Å²) in [6.07, 6.45) is 0. The Bertz CT molecular complexity index is 495. The van der Waals surface area contributed by atoms with E-state index < -0.39 is 16.8 Å². The summed E-state index contributed by atoms with van der Waals surface area (Å²) in [6.45, 7) is 0. The highest BCUT2D eigenvalue weighted by Crippen LogP contribution is 2.29. The number of nitro groups is 1. The number of nitrogens with zero attached hydrogens (tertiary/aromatic N) is 2. The second kappa shape index (κ2) is 4.72. The zero-order valence-electron chi connectivity index (χ0n) is 7.75. The summed E-state index contributed by atoms with van der Waals surface area (Å²) in [5.74, 6) is -2.96. The Morgan fingerprint density at radius 1 is 1.62 bits per heavy atom. The number of benzene rings is 1. The number of nitriles is 1. The Balaban J connectivity index is 3.40. The van der Waals surface area contributed by atoms with Gasteiger partial charge in [0.2, 0.25) is 0 Å². The SMILES string of the molecule is N#CC(C(=O)O)c1cc(Br)ccc1[N+](=O)[O-]. The van der Waals surface area contributed by atoms with Crippen LogP contribution in [0.25, 0.3) is 0 Å². The highest BCUT2D eigenvalue weighted by molar-refractivity contribution is 9.10. The topological polar surface area (TPSA) is 104 Å². The van der Waals surface area contributed by atoms with Gasteiger partial charge in [0.25, 0.3) is 5.69 Å². The Labute approximate surface area is 98.4 Å². The molecule has 0 aromatic heterocycles. The molecule has 1 aromatic carbocycles. The maximum absolute atomic E-state index is 10.8. The molecule has 1 unspecified atom stereocenters. The van der Waals surface area contributed by atoms with Gasteiger partial charge in [0.1, 0.15) is 0 Å². The second-order valence-electron chi connectivity index (χ2n) is 2.86. The Morgan fingerprint density at radius 3 is 2.69 bits per heavy atom. The van der Waals surface area contributed by atoms with Gasteiger partial charge in [-0.25, -0.2) is 0 Å². The molecule has 0 spiro atoms. The maximum atomic E-state index is 10.8. The van der Waals surface area contributed by atoms with Crippen LogP contribution in [-0.4, -0.2) is 16.0 Å². The average Bonchev–Trinajstić information content (AvgIpc) is 2.17. The van der Waals surface area contributed by atoms with Crippen molar-refractivity contribution in [1.82, 2.24) is 0 Å². The van der Waals surface area contributed by atoms with E-state index in [1.807, 2.05) is 0 Å². The Kier molecular flexibility index (Phi) is 3.58. The highest BCUT2D eigenvalue weighted by atomic mass is 79.9. The van der Waals surface area contributed by atoms with Crippen LogP contribution in [0.5, 0.6) is 0 Å². The molecule has 0 aliphatic carbocycles. The molecule has 0 aliphatic rings. The summed E-state index contributed by atoms with van der Waals surface area (Å²) in [4.78, 5) is 20.7. The lowest BCUT2D eigenvalue weighted by atomic mass is 9.99. The van der Waals surface area contributed by atoms with Gasteiger partial charge < -0.3 is 5.11 Å². The first kappa shape index (κ1) is 12.1. The number of carboxylic acids is 1. The van der Waals surface area contributed by atoms with Crippen molar-refractivity contribution < 1.29 is 14.8 Å². The predicted octanol–water partition coefficient (Wildman–Crippen LogP) is 2.05. The van der Waals surface area contributed by atoms with E-state index in [0.29, 0.717) is 4.47 Å². The molecule has 0 saturated heterocycles. The fourth-order valence-electron chi connectivity index (χ4n) is 1.18. The molecule has 1 atom stereocenters. The molecule has 16 heavy (non-hydrogen) atoms.